The molecule has 0 aliphatic heterocycles. The molecule has 2 aromatic carbocycles. The fourth-order valence-corrected chi connectivity index (χ4v) is 3.65. The standard InChI is InChI=1S/C19H20N4O5S/c24-23(25)17-5-9-19(10-6-17)29(26,27)21-11-1-2-14-28-18-7-3-16(4-8-18)22-13-12-20-15-22/h3-10,12-13,15,21H,1-2,11,14H2. The van der Waals surface area contributed by atoms with Gasteiger partial charge in [-0.1, -0.05) is 0 Å². The normalized spacial score (nSPS) is 11.3. The molecule has 10 heteroatoms. The predicted octanol–water partition coefficient (Wildman–Crippen LogP) is 2.92. The van der Waals surface area contributed by atoms with Crippen LogP contribution in [0.1, 0.15) is 12.8 Å². The first kappa shape index (κ1) is 20.5. The van der Waals surface area contributed by atoms with E-state index >= 15 is 0 Å². The maximum absolute atomic E-state index is 12.2. The summed E-state index contributed by atoms with van der Waals surface area (Å²) in [7, 11) is -3.69. The zero-order valence-corrected chi connectivity index (χ0v) is 16.3. The lowest BCUT2D eigenvalue weighted by Crippen LogP contribution is -2.25. The summed E-state index contributed by atoms with van der Waals surface area (Å²) in [5, 5.41) is 10.6. The molecule has 3 rings (SSSR count). The summed E-state index contributed by atoms with van der Waals surface area (Å²) < 4.78 is 34.4. The highest BCUT2D eigenvalue weighted by Gasteiger charge is 2.15. The van der Waals surface area contributed by atoms with Gasteiger partial charge in [0.2, 0.25) is 10.0 Å². The minimum atomic E-state index is -3.69. The molecule has 3 aromatic rings. The van der Waals surface area contributed by atoms with Crippen LogP contribution < -0.4 is 9.46 Å². The predicted molar refractivity (Wildman–Crippen MR) is 107 cm³/mol. The maximum atomic E-state index is 12.2. The van der Waals surface area contributed by atoms with E-state index in [0.717, 1.165) is 11.4 Å². The number of nitro benzene ring substituents is 1. The largest absolute Gasteiger partial charge is 0.494 e. The van der Waals surface area contributed by atoms with E-state index in [0.29, 0.717) is 19.4 Å². The van der Waals surface area contributed by atoms with E-state index in [9.17, 15) is 18.5 Å². The molecule has 152 valence electrons. The monoisotopic (exact) mass is 416 g/mol. The molecule has 0 amide bonds. The molecular weight excluding hydrogens is 396 g/mol. The Morgan fingerprint density at radius 3 is 2.41 bits per heavy atom. The van der Waals surface area contributed by atoms with E-state index in [1.54, 1.807) is 12.5 Å². The number of hydrogen-bond acceptors (Lipinski definition) is 6. The SMILES string of the molecule is O=[N+]([O-])c1ccc(S(=O)(=O)NCCCCOc2ccc(-n3ccnc3)cc2)cc1. The Kier molecular flexibility index (Phi) is 6.57. The van der Waals surface area contributed by atoms with Gasteiger partial charge in [0.1, 0.15) is 5.75 Å². The number of nitrogens with zero attached hydrogens (tertiary/aromatic N) is 3. The number of ether oxygens (including phenoxy) is 1. The minimum absolute atomic E-state index is 0.00247. The van der Waals surface area contributed by atoms with Crippen molar-refractivity contribution in [1.29, 1.82) is 0 Å². The molecule has 0 atom stereocenters. The second kappa shape index (κ2) is 9.30. The van der Waals surface area contributed by atoms with Crippen molar-refractivity contribution < 1.29 is 18.1 Å². The molecule has 1 aromatic heterocycles. The van der Waals surface area contributed by atoms with Crippen LogP contribution in [0.25, 0.3) is 5.69 Å². The minimum Gasteiger partial charge on any atom is -0.494 e. The van der Waals surface area contributed by atoms with Gasteiger partial charge in [-0.05, 0) is 49.2 Å². The van der Waals surface area contributed by atoms with Gasteiger partial charge in [-0.3, -0.25) is 10.1 Å². The van der Waals surface area contributed by atoms with E-state index in [1.807, 2.05) is 35.0 Å². The van der Waals surface area contributed by atoms with E-state index in [-0.39, 0.29) is 17.1 Å². The highest BCUT2D eigenvalue weighted by molar-refractivity contribution is 7.89. The van der Waals surface area contributed by atoms with E-state index in [1.165, 1.54) is 24.3 Å². The van der Waals surface area contributed by atoms with Crippen LogP contribution in [-0.4, -0.2) is 36.0 Å². The third kappa shape index (κ3) is 5.62. The van der Waals surface area contributed by atoms with Crippen LogP contribution in [0.4, 0.5) is 5.69 Å². The number of imidazole rings is 1. The number of nitro groups is 1. The topological polar surface area (TPSA) is 116 Å². The van der Waals surface area contributed by atoms with Gasteiger partial charge in [0.25, 0.3) is 5.69 Å². The van der Waals surface area contributed by atoms with Crippen molar-refractivity contribution in [2.45, 2.75) is 17.7 Å². The fraction of sp³-hybridized carbons (Fsp3) is 0.211. The molecule has 0 bridgehead atoms. The Labute approximate surface area is 168 Å². The molecule has 0 aliphatic carbocycles. The molecule has 0 radical (unpaired) electrons. The van der Waals surface area contributed by atoms with Gasteiger partial charge in [-0.2, -0.15) is 0 Å². The molecule has 29 heavy (non-hydrogen) atoms. The summed E-state index contributed by atoms with van der Waals surface area (Å²) >= 11 is 0. The van der Waals surface area contributed by atoms with Gasteiger partial charge < -0.3 is 9.30 Å². The number of rotatable bonds is 10. The highest BCUT2D eigenvalue weighted by Crippen LogP contribution is 2.16. The summed E-state index contributed by atoms with van der Waals surface area (Å²) in [5.41, 5.74) is 0.828. The third-order valence-corrected chi connectivity index (χ3v) is 5.61. The lowest BCUT2D eigenvalue weighted by atomic mass is 10.3. The average Bonchev–Trinajstić information content (AvgIpc) is 3.26. The Balaban J connectivity index is 1.38. The molecule has 0 saturated heterocycles. The Bertz CT molecular complexity index is 1030. The summed E-state index contributed by atoms with van der Waals surface area (Å²) in [4.78, 5) is 14.1. The highest BCUT2D eigenvalue weighted by atomic mass is 32.2. The number of nitrogens with one attached hydrogen (secondary N) is 1. The van der Waals surface area contributed by atoms with Crippen molar-refractivity contribution in [3.63, 3.8) is 0 Å². The van der Waals surface area contributed by atoms with Crippen LogP contribution in [-0.2, 0) is 10.0 Å². The summed E-state index contributed by atoms with van der Waals surface area (Å²) in [6, 6.07) is 12.4. The van der Waals surface area contributed by atoms with Gasteiger partial charge in [0, 0.05) is 36.8 Å². The van der Waals surface area contributed by atoms with Gasteiger partial charge >= 0.3 is 0 Å². The molecule has 9 nitrogen and oxygen atoms in total. The second-order valence-electron chi connectivity index (χ2n) is 6.17. The van der Waals surface area contributed by atoms with Crippen molar-refractivity contribution in [2.24, 2.45) is 0 Å². The zero-order valence-electron chi connectivity index (χ0n) is 15.5. The number of hydrogen-bond donors (Lipinski definition) is 1. The lowest BCUT2D eigenvalue weighted by Gasteiger charge is -2.09. The molecule has 0 aliphatic rings. The summed E-state index contributed by atoms with van der Waals surface area (Å²) in [6.07, 6.45) is 6.55. The fourth-order valence-electron chi connectivity index (χ4n) is 2.58. The van der Waals surface area contributed by atoms with Gasteiger partial charge in [0.05, 0.1) is 22.8 Å². The van der Waals surface area contributed by atoms with Crippen molar-refractivity contribution in [3.8, 4) is 11.4 Å². The molecule has 1 N–H and O–H groups in total. The van der Waals surface area contributed by atoms with Gasteiger partial charge in [0.15, 0.2) is 0 Å². The quantitative estimate of drug-likeness (QED) is 0.309. The number of benzene rings is 2. The summed E-state index contributed by atoms with van der Waals surface area (Å²) in [5.74, 6) is 0.736. The van der Waals surface area contributed by atoms with Crippen LogP contribution in [0, 0.1) is 10.1 Å². The molecule has 0 fully saturated rings. The summed E-state index contributed by atoms with van der Waals surface area (Å²) in [6.45, 7) is 0.714. The molecule has 0 spiro atoms. The van der Waals surface area contributed by atoms with Crippen molar-refractivity contribution in [3.05, 3.63) is 77.4 Å². The van der Waals surface area contributed by atoms with E-state index in [2.05, 4.69) is 9.71 Å². The van der Waals surface area contributed by atoms with Crippen LogP contribution in [0.3, 0.4) is 0 Å². The molecule has 0 unspecified atom stereocenters. The van der Waals surface area contributed by atoms with Crippen LogP contribution >= 0.6 is 0 Å². The van der Waals surface area contributed by atoms with E-state index in [4.69, 9.17) is 4.74 Å². The van der Waals surface area contributed by atoms with Crippen molar-refractivity contribution >= 4 is 15.7 Å². The number of unbranched alkanes of at least 4 members (excludes halogenated alkanes) is 1. The molecule has 0 saturated carbocycles. The Hall–Kier alpha value is -3.24. The first-order chi connectivity index (χ1) is 14.0. The zero-order chi connectivity index (χ0) is 20.7. The van der Waals surface area contributed by atoms with Crippen LogP contribution in [0.5, 0.6) is 5.75 Å². The van der Waals surface area contributed by atoms with Crippen molar-refractivity contribution in [2.75, 3.05) is 13.2 Å². The van der Waals surface area contributed by atoms with E-state index < -0.39 is 14.9 Å². The van der Waals surface area contributed by atoms with Gasteiger partial charge in [-0.15, -0.1) is 0 Å². The van der Waals surface area contributed by atoms with Crippen LogP contribution in [0.2, 0.25) is 0 Å². The smallest absolute Gasteiger partial charge is 0.269 e. The number of aromatic nitrogens is 2. The maximum Gasteiger partial charge on any atom is 0.269 e. The van der Waals surface area contributed by atoms with Crippen LogP contribution in [0.15, 0.2) is 72.1 Å². The lowest BCUT2D eigenvalue weighted by molar-refractivity contribution is -0.384. The first-order valence-corrected chi connectivity index (χ1v) is 10.4. The third-order valence-electron chi connectivity index (χ3n) is 4.13. The second-order valence-corrected chi connectivity index (χ2v) is 7.94. The molecular formula is C19H20N4O5S. The van der Waals surface area contributed by atoms with Gasteiger partial charge in [-0.25, -0.2) is 18.1 Å². The first-order valence-electron chi connectivity index (χ1n) is 8.91. The van der Waals surface area contributed by atoms with Crippen molar-refractivity contribution in [1.82, 2.24) is 14.3 Å². The molecule has 1 heterocycles. The average molecular weight is 416 g/mol. The number of sulfonamides is 1. The Morgan fingerprint density at radius 1 is 1.07 bits per heavy atom. The number of non-ortho nitro benzene ring substituents is 1. The Morgan fingerprint density at radius 2 is 1.79 bits per heavy atom.